The zero-order chi connectivity index (χ0) is 12.7. The van der Waals surface area contributed by atoms with Gasteiger partial charge in [0, 0.05) is 16.3 Å². The van der Waals surface area contributed by atoms with Crippen LogP contribution in [0.25, 0.3) is 0 Å². The highest BCUT2D eigenvalue weighted by atomic mass is 32.1. The van der Waals surface area contributed by atoms with Crippen molar-refractivity contribution in [3.63, 3.8) is 0 Å². The number of aryl methyl sites for hydroxylation is 1. The maximum absolute atomic E-state index is 12.3. The second-order valence-corrected chi connectivity index (χ2v) is 6.27. The molecule has 0 saturated carbocycles. The summed E-state index contributed by atoms with van der Waals surface area (Å²) in [6, 6.07) is 1.66. The molecule has 2 amide bonds. The zero-order valence-corrected chi connectivity index (χ0v) is 11.2. The van der Waals surface area contributed by atoms with Gasteiger partial charge in [0.2, 0.25) is 5.91 Å². The molecule has 0 radical (unpaired) electrons. The van der Waals surface area contributed by atoms with Crippen LogP contribution in [-0.2, 0) is 11.3 Å². The highest BCUT2D eigenvalue weighted by Crippen LogP contribution is 2.32. The Bertz CT molecular complexity index is 509. The molecule has 4 nitrogen and oxygen atoms in total. The van der Waals surface area contributed by atoms with Crippen molar-refractivity contribution in [2.45, 2.75) is 38.8 Å². The first-order chi connectivity index (χ1) is 8.66. The predicted molar refractivity (Wildman–Crippen MR) is 69.6 cm³/mol. The van der Waals surface area contributed by atoms with Gasteiger partial charge in [0.15, 0.2) is 0 Å². The molecule has 5 heteroatoms. The van der Waals surface area contributed by atoms with Crippen LogP contribution in [0.2, 0.25) is 0 Å². The quantitative estimate of drug-likeness (QED) is 0.839. The van der Waals surface area contributed by atoms with Crippen molar-refractivity contribution in [1.29, 1.82) is 0 Å². The van der Waals surface area contributed by atoms with E-state index < -0.39 is 0 Å². The average molecular weight is 264 g/mol. The Morgan fingerprint density at radius 1 is 1.39 bits per heavy atom. The Hall–Kier alpha value is -1.36. The summed E-state index contributed by atoms with van der Waals surface area (Å²) in [5.74, 6) is 0.0316. The number of carbonyl (C=O) groups excluding carboxylic acids is 2. The molecule has 0 spiro atoms. The summed E-state index contributed by atoms with van der Waals surface area (Å²) in [7, 11) is 0. The molecule has 1 aromatic rings. The van der Waals surface area contributed by atoms with E-state index in [1.807, 2.05) is 13.0 Å². The number of hydrogen-bond donors (Lipinski definition) is 1. The van der Waals surface area contributed by atoms with E-state index in [2.05, 4.69) is 5.32 Å². The van der Waals surface area contributed by atoms with Gasteiger partial charge in [-0.05, 0) is 32.3 Å². The van der Waals surface area contributed by atoms with E-state index in [-0.39, 0.29) is 17.9 Å². The number of rotatable bonds is 1. The molecule has 96 valence electrons. The predicted octanol–water partition coefficient (Wildman–Crippen LogP) is 1.68. The molecule has 2 aliphatic rings. The van der Waals surface area contributed by atoms with E-state index in [9.17, 15) is 9.59 Å². The van der Waals surface area contributed by atoms with Crippen molar-refractivity contribution in [3.8, 4) is 0 Å². The monoisotopic (exact) mass is 264 g/mol. The summed E-state index contributed by atoms with van der Waals surface area (Å²) in [5, 5.41) is 2.89. The van der Waals surface area contributed by atoms with E-state index >= 15 is 0 Å². The fourth-order valence-electron chi connectivity index (χ4n) is 2.71. The molecular formula is C13H16N2O2S. The number of carbonyl (C=O) groups is 2. The number of amides is 2. The van der Waals surface area contributed by atoms with Crippen LogP contribution in [-0.4, -0.2) is 29.3 Å². The van der Waals surface area contributed by atoms with Crippen molar-refractivity contribution in [1.82, 2.24) is 10.2 Å². The van der Waals surface area contributed by atoms with Crippen LogP contribution >= 0.6 is 11.3 Å². The molecule has 1 atom stereocenters. The second-order valence-electron chi connectivity index (χ2n) is 4.93. The van der Waals surface area contributed by atoms with E-state index in [4.69, 9.17) is 0 Å². The van der Waals surface area contributed by atoms with Crippen molar-refractivity contribution >= 4 is 23.2 Å². The Morgan fingerprint density at radius 3 is 3.00 bits per heavy atom. The summed E-state index contributed by atoms with van der Waals surface area (Å²) < 4.78 is 0. The van der Waals surface area contributed by atoms with Gasteiger partial charge in [-0.3, -0.25) is 9.59 Å². The van der Waals surface area contributed by atoms with Crippen LogP contribution in [0.3, 0.4) is 0 Å². The largest absolute Gasteiger partial charge is 0.354 e. The van der Waals surface area contributed by atoms with Gasteiger partial charge in [0.05, 0.1) is 12.1 Å². The fourth-order valence-corrected chi connectivity index (χ4v) is 3.74. The topological polar surface area (TPSA) is 49.4 Å². The summed E-state index contributed by atoms with van der Waals surface area (Å²) in [5.41, 5.74) is 0.801. The van der Waals surface area contributed by atoms with Crippen LogP contribution < -0.4 is 5.32 Å². The maximum atomic E-state index is 12.3. The van der Waals surface area contributed by atoms with Crippen LogP contribution in [0.1, 0.15) is 39.4 Å². The number of nitrogens with one attached hydrogen (secondary N) is 1. The molecule has 3 rings (SSSR count). The third-order valence-electron chi connectivity index (χ3n) is 3.62. The van der Waals surface area contributed by atoms with Gasteiger partial charge in [-0.2, -0.15) is 0 Å². The fraction of sp³-hybridized carbons (Fsp3) is 0.538. The van der Waals surface area contributed by atoms with Crippen LogP contribution in [0.15, 0.2) is 6.07 Å². The first-order valence-electron chi connectivity index (χ1n) is 6.35. The summed E-state index contributed by atoms with van der Waals surface area (Å²) in [6.45, 7) is 3.35. The molecule has 3 heterocycles. The van der Waals surface area contributed by atoms with E-state index in [0.717, 1.165) is 36.2 Å². The van der Waals surface area contributed by atoms with Gasteiger partial charge >= 0.3 is 0 Å². The van der Waals surface area contributed by atoms with Gasteiger partial charge in [0.1, 0.15) is 6.04 Å². The number of fused-ring (bicyclic) bond motifs is 1. The molecular weight excluding hydrogens is 248 g/mol. The van der Waals surface area contributed by atoms with Crippen molar-refractivity contribution < 1.29 is 9.59 Å². The first kappa shape index (κ1) is 11.7. The molecule has 1 aromatic heterocycles. The van der Waals surface area contributed by atoms with Gasteiger partial charge in [0.25, 0.3) is 5.91 Å². The van der Waals surface area contributed by atoms with Crippen LogP contribution in [0.4, 0.5) is 0 Å². The number of nitrogens with zero attached hydrogens (tertiary/aromatic N) is 1. The summed E-state index contributed by atoms with van der Waals surface area (Å²) in [4.78, 5) is 28.3. The molecule has 1 saturated heterocycles. The summed E-state index contributed by atoms with van der Waals surface area (Å²) in [6.07, 6.45) is 2.79. The minimum atomic E-state index is -0.278. The lowest BCUT2D eigenvalue weighted by Crippen LogP contribution is -2.45. The van der Waals surface area contributed by atoms with Gasteiger partial charge in [-0.25, -0.2) is 0 Å². The van der Waals surface area contributed by atoms with Gasteiger partial charge in [-0.1, -0.05) is 0 Å². The second kappa shape index (κ2) is 4.39. The van der Waals surface area contributed by atoms with E-state index in [1.54, 1.807) is 16.2 Å². The van der Waals surface area contributed by atoms with Crippen LogP contribution in [0.5, 0.6) is 0 Å². The molecule has 2 aliphatic heterocycles. The smallest absolute Gasteiger partial charge is 0.256 e. The molecule has 18 heavy (non-hydrogen) atoms. The van der Waals surface area contributed by atoms with Crippen molar-refractivity contribution in [3.05, 3.63) is 21.4 Å². The van der Waals surface area contributed by atoms with Crippen LogP contribution in [0, 0.1) is 6.92 Å². The molecule has 0 aromatic carbocycles. The van der Waals surface area contributed by atoms with Crippen molar-refractivity contribution in [2.75, 3.05) is 6.54 Å². The Labute approximate surface area is 110 Å². The third kappa shape index (κ3) is 1.82. The normalized spacial score (nSPS) is 23.8. The highest BCUT2D eigenvalue weighted by Gasteiger charge is 2.37. The Morgan fingerprint density at radius 2 is 2.22 bits per heavy atom. The molecule has 1 unspecified atom stereocenters. The Kier molecular flexibility index (Phi) is 2.86. The first-order valence-corrected chi connectivity index (χ1v) is 7.16. The lowest BCUT2D eigenvalue weighted by Gasteiger charge is -2.25. The molecule has 0 bridgehead atoms. The third-order valence-corrected chi connectivity index (χ3v) is 4.66. The lowest BCUT2D eigenvalue weighted by atomic mass is 10.1. The maximum Gasteiger partial charge on any atom is 0.256 e. The lowest BCUT2D eigenvalue weighted by molar-refractivity contribution is -0.125. The van der Waals surface area contributed by atoms with E-state index in [0.29, 0.717) is 6.54 Å². The summed E-state index contributed by atoms with van der Waals surface area (Å²) >= 11 is 1.66. The Balaban J connectivity index is 1.84. The number of hydrogen-bond acceptors (Lipinski definition) is 3. The molecule has 1 fully saturated rings. The minimum absolute atomic E-state index is 0.00715. The standard InChI is InChI=1S/C13H16N2O2S/c1-8-6-9-11(18-8)7-15(13(9)17)10-4-2-3-5-14-12(10)16/h6,10H,2-5,7H2,1H3,(H,14,16). The van der Waals surface area contributed by atoms with Gasteiger partial charge < -0.3 is 10.2 Å². The number of thiophene rings is 1. The average Bonchev–Trinajstić information content (AvgIpc) is 2.73. The van der Waals surface area contributed by atoms with Gasteiger partial charge in [-0.15, -0.1) is 11.3 Å². The minimum Gasteiger partial charge on any atom is -0.354 e. The molecule has 0 aliphatic carbocycles. The zero-order valence-electron chi connectivity index (χ0n) is 10.4. The SMILES string of the molecule is Cc1cc2c(s1)CN(C1CCCCNC1=O)C2=O. The van der Waals surface area contributed by atoms with Crippen molar-refractivity contribution in [2.24, 2.45) is 0 Å². The van der Waals surface area contributed by atoms with E-state index in [1.165, 1.54) is 4.88 Å². The molecule has 1 N–H and O–H groups in total. The highest BCUT2D eigenvalue weighted by molar-refractivity contribution is 7.12.